The predicted octanol–water partition coefficient (Wildman–Crippen LogP) is 3.45. The number of rotatable bonds is 4. The highest BCUT2D eigenvalue weighted by Crippen LogP contribution is 2.35. The number of aromatic nitrogens is 1. The summed E-state index contributed by atoms with van der Waals surface area (Å²) in [4.78, 5) is 26.8. The van der Waals surface area contributed by atoms with Gasteiger partial charge in [0.1, 0.15) is 11.4 Å². The van der Waals surface area contributed by atoms with Crippen molar-refractivity contribution in [3.8, 4) is 5.75 Å². The summed E-state index contributed by atoms with van der Waals surface area (Å²) in [5, 5.41) is 20.0. The number of nitrogens with zero attached hydrogens (tertiary/aromatic N) is 1. The van der Waals surface area contributed by atoms with Crippen LogP contribution in [0.2, 0.25) is 5.02 Å². The van der Waals surface area contributed by atoms with Crippen molar-refractivity contribution < 1.29 is 19.8 Å². The van der Waals surface area contributed by atoms with Crippen LogP contribution in [0.15, 0.2) is 12.1 Å². The van der Waals surface area contributed by atoms with Crippen LogP contribution >= 0.6 is 11.6 Å². The standard InChI is InChI=1S/C15H14ClNO4/c1-3-4-8-13-10(5-9(7(2)18)14(8)19)11(16)6-12(17-13)15(20)21/h5-6,19H,3-4H2,1-2H3,(H,20,21). The maximum Gasteiger partial charge on any atom is 0.354 e. The number of carbonyl (C=O) groups is 2. The van der Waals surface area contributed by atoms with Crippen LogP contribution in [0.3, 0.4) is 0 Å². The fourth-order valence-electron chi connectivity index (χ4n) is 2.24. The van der Waals surface area contributed by atoms with Crippen molar-refractivity contribution in [3.05, 3.63) is 34.0 Å². The normalized spacial score (nSPS) is 10.8. The molecule has 0 bridgehead atoms. The third-order valence-corrected chi connectivity index (χ3v) is 3.53. The molecule has 0 saturated heterocycles. The van der Waals surface area contributed by atoms with E-state index in [9.17, 15) is 14.7 Å². The Hall–Kier alpha value is -2.14. The van der Waals surface area contributed by atoms with Crippen LogP contribution in [-0.4, -0.2) is 26.9 Å². The highest BCUT2D eigenvalue weighted by atomic mass is 35.5. The van der Waals surface area contributed by atoms with Crippen LogP contribution in [0.25, 0.3) is 10.9 Å². The molecular formula is C15H14ClNO4. The number of phenols is 1. The molecular weight excluding hydrogens is 294 g/mol. The number of hydrogen-bond donors (Lipinski definition) is 2. The number of aromatic hydroxyl groups is 1. The molecule has 0 radical (unpaired) electrons. The zero-order chi connectivity index (χ0) is 15.7. The van der Waals surface area contributed by atoms with Gasteiger partial charge in [0.2, 0.25) is 0 Å². The molecule has 5 nitrogen and oxygen atoms in total. The maximum atomic E-state index is 11.6. The fraction of sp³-hybridized carbons (Fsp3) is 0.267. The first-order valence-corrected chi connectivity index (χ1v) is 6.83. The Labute approximate surface area is 126 Å². The van der Waals surface area contributed by atoms with Crippen LogP contribution < -0.4 is 0 Å². The van der Waals surface area contributed by atoms with E-state index in [0.29, 0.717) is 29.3 Å². The van der Waals surface area contributed by atoms with E-state index in [1.807, 2.05) is 6.92 Å². The van der Waals surface area contributed by atoms with Crippen molar-refractivity contribution in [2.45, 2.75) is 26.7 Å². The number of hydrogen-bond acceptors (Lipinski definition) is 4. The van der Waals surface area contributed by atoms with Gasteiger partial charge in [-0.25, -0.2) is 9.78 Å². The lowest BCUT2D eigenvalue weighted by molar-refractivity contribution is 0.0690. The Bertz CT molecular complexity index is 755. The van der Waals surface area contributed by atoms with Crippen LogP contribution in [0.4, 0.5) is 0 Å². The molecule has 6 heteroatoms. The van der Waals surface area contributed by atoms with Gasteiger partial charge in [-0.15, -0.1) is 0 Å². The van der Waals surface area contributed by atoms with Gasteiger partial charge in [-0.05, 0) is 25.5 Å². The van der Waals surface area contributed by atoms with Gasteiger partial charge < -0.3 is 10.2 Å². The number of carbonyl (C=O) groups excluding carboxylic acids is 1. The first-order chi connectivity index (χ1) is 9.86. The Kier molecular flexibility index (Phi) is 4.14. The number of aryl methyl sites for hydroxylation is 1. The van der Waals surface area contributed by atoms with Gasteiger partial charge >= 0.3 is 5.97 Å². The van der Waals surface area contributed by atoms with Crippen molar-refractivity contribution in [3.63, 3.8) is 0 Å². The lowest BCUT2D eigenvalue weighted by Crippen LogP contribution is -2.04. The molecule has 2 N–H and O–H groups in total. The highest BCUT2D eigenvalue weighted by molar-refractivity contribution is 6.36. The molecule has 1 aromatic carbocycles. The van der Waals surface area contributed by atoms with Crippen LogP contribution in [0, 0.1) is 0 Å². The molecule has 21 heavy (non-hydrogen) atoms. The minimum Gasteiger partial charge on any atom is -0.507 e. The molecule has 0 unspecified atom stereocenters. The summed E-state index contributed by atoms with van der Waals surface area (Å²) in [5.74, 6) is -1.63. The number of ketones is 1. The topological polar surface area (TPSA) is 87.5 Å². The molecule has 0 aliphatic carbocycles. The van der Waals surface area contributed by atoms with Gasteiger partial charge in [-0.1, -0.05) is 24.9 Å². The molecule has 2 rings (SSSR count). The number of phenolic OH excluding ortho intramolecular Hbond substituents is 1. The van der Waals surface area contributed by atoms with Gasteiger partial charge in [0.05, 0.1) is 16.1 Å². The Morgan fingerprint density at radius 2 is 2.00 bits per heavy atom. The van der Waals surface area contributed by atoms with Crippen LogP contribution in [-0.2, 0) is 6.42 Å². The first kappa shape index (κ1) is 15.3. The average Bonchev–Trinajstić information content (AvgIpc) is 2.41. The van der Waals surface area contributed by atoms with E-state index in [1.165, 1.54) is 19.1 Å². The van der Waals surface area contributed by atoms with Crippen molar-refractivity contribution in [1.82, 2.24) is 4.98 Å². The second-order valence-electron chi connectivity index (χ2n) is 4.75. The number of pyridine rings is 1. The van der Waals surface area contributed by atoms with Gasteiger partial charge in [-0.2, -0.15) is 0 Å². The third-order valence-electron chi connectivity index (χ3n) is 3.22. The average molecular weight is 308 g/mol. The summed E-state index contributed by atoms with van der Waals surface area (Å²) >= 11 is 6.11. The molecule has 0 aliphatic rings. The highest BCUT2D eigenvalue weighted by Gasteiger charge is 2.19. The number of Topliss-reactive ketones (excluding diaryl/α,β-unsaturated/α-hetero) is 1. The largest absolute Gasteiger partial charge is 0.507 e. The van der Waals surface area contributed by atoms with Crippen molar-refractivity contribution in [1.29, 1.82) is 0 Å². The van der Waals surface area contributed by atoms with Crippen molar-refractivity contribution in [2.75, 3.05) is 0 Å². The summed E-state index contributed by atoms with van der Waals surface area (Å²) in [6.45, 7) is 3.26. The number of fused-ring (bicyclic) bond motifs is 1. The maximum absolute atomic E-state index is 11.6. The van der Waals surface area contributed by atoms with Gasteiger partial charge in [-0.3, -0.25) is 4.79 Å². The van der Waals surface area contributed by atoms with Crippen molar-refractivity contribution >= 4 is 34.3 Å². The number of aromatic carboxylic acids is 1. The summed E-state index contributed by atoms with van der Waals surface area (Å²) in [6, 6.07) is 2.69. The SMILES string of the molecule is CCCc1c(O)c(C(C)=O)cc2c(Cl)cc(C(=O)O)nc12. The minimum absolute atomic E-state index is 0.150. The lowest BCUT2D eigenvalue weighted by atomic mass is 9.98. The summed E-state index contributed by atoms with van der Waals surface area (Å²) in [6.07, 6.45) is 1.18. The van der Waals surface area contributed by atoms with Gasteiger partial charge in [0, 0.05) is 10.9 Å². The first-order valence-electron chi connectivity index (χ1n) is 6.46. The number of carboxylic acid groups (broad SMARTS) is 1. The Balaban J connectivity index is 2.92. The minimum atomic E-state index is -1.20. The number of carboxylic acids is 1. The molecule has 0 aliphatic heterocycles. The monoisotopic (exact) mass is 307 g/mol. The van der Waals surface area contributed by atoms with Crippen molar-refractivity contribution in [2.24, 2.45) is 0 Å². The smallest absolute Gasteiger partial charge is 0.354 e. The summed E-state index contributed by atoms with van der Waals surface area (Å²) < 4.78 is 0. The van der Waals surface area contributed by atoms with E-state index in [4.69, 9.17) is 16.7 Å². The third kappa shape index (κ3) is 2.69. The molecule has 0 spiro atoms. The summed E-state index contributed by atoms with van der Waals surface area (Å²) in [7, 11) is 0. The molecule has 2 aromatic rings. The van der Waals surface area contributed by atoms with Gasteiger partial charge in [0.15, 0.2) is 5.78 Å². The fourth-order valence-corrected chi connectivity index (χ4v) is 2.49. The predicted molar refractivity (Wildman–Crippen MR) is 79.4 cm³/mol. The van der Waals surface area contributed by atoms with E-state index in [0.717, 1.165) is 0 Å². The number of halogens is 1. The molecule has 1 heterocycles. The van der Waals surface area contributed by atoms with E-state index in [1.54, 1.807) is 0 Å². The summed E-state index contributed by atoms with van der Waals surface area (Å²) in [5.41, 5.74) is 0.743. The van der Waals surface area contributed by atoms with E-state index >= 15 is 0 Å². The molecule has 1 aromatic heterocycles. The van der Waals surface area contributed by atoms with E-state index < -0.39 is 5.97 Å². The second kappa shape index (κ2) is 5.69. The van der Waals surface area contributed by atoms with E-state index in [-0.39, 0.29) is 27.8 Å². The molecule has 0 fully saturated rings. The second-order valence-corrected chi connectivity index (χ2v) is 5.16. The van der Waals surface area contributed by atoms with Gasteiger partial charge in [0.25, 0.3) is 0 Å². The molecule has 110 valence electrons. The van der Waals surface area contributed by atoms with Crippen LogP contribution in [0.1, 0.15) is 46.7 Å². The quantitative estimate of drug-likeness (QED) is 0.845. The van der Waals surface area contributed by atoms with Crippen LogP contribution in [0.5, 0.6) is 5.75 Å². The molecule has 0 atom stereocenters. The van der Waals surface area contributed by atoms with E-state index in [2.05, 4.69) is 4.98 Å². The number of benzene rings is 1. The zero-order valence-corrected chi connectivity index (χ0v) is 12.4. The zero-order valence-electron chi connectivity index (χ0n) is 11.6. The lowest BCUT2D eigenvalue weighted by Gasteiger charge is -2.12. The molecule has 0 amide bonds. The Morgan fingerprint density at radius 3 is 2.52 bits per heavy atom. The Morgan fingerprint density at radius 1 is 1.33 bits per heavy atom. The molecule has 0 saturated carbocycles.